The zero-order valence-electron chi connectivity index (χ0n) is 13.8. The minimum absolute atomic E-state index is 0.139. The van der Waals surface area contributed by atoms with E-state index in [0.29, 0.717) is 17.4 Å². The Morgan fingerprint density at radius 3 is 2.71 bits per heavy atom. The Balaban J connectivity index is 1.91. The Labute approximate surface area is 128 Å². The maximum absolute atomic E-state index is 13.3. The maximum Gasteiger partial charge on any atom is 0.123 e. The number of hydrogen-bond acceptors (Lipinski definition) is 2. The molecule has 1 aromatic carbocycles. The van der Waals surface area contributed by atoms with Crippen LogP contribution >= 0.6 is 0 Å². The highest BCUT2D eigenvalue weighted by Gasteiger charge is 2.25. The molecule has 2 rings (SSSR count). The molecule has 0 aliphatic carbocycles. The number of nitrogens with one attached hydrogen (secondary N) is 1. The monoisotopic (exact) mass is 292 g/mol. The molecular weight excluding hydrogens is 263 g/mol. The molecule has 1 aromatic rings. The standard InChI is InChI=1S/C18H29FN2/c1-14-8-17(20-13-18(2,3)4)12-21(10-14)11-15-6-5-7-16(19)9-15/h5-7,9,14,17,20H,8,10-13H2,1-4H3. The Morgan fingerprint density at radius 2 is 2.05 bits per heavy atom. The molecule has 1 aliphatic heterocycles. The molecule has 21 heavy (non-hydrogen) atoms. The molecule has 0 bridgehead atoms. The summed E-state index contributed by atoms with van der Waals surface area (Å²) in [5.41, 5.74) is 1.38. The Morgan fingerprint density at radius 1 is 1.29 bits per heavy atom. The predicted octanol–water partition coefficient (Wildman–Crippen LogP) is 3.67. The molecule has 1 N–H and O–H groups in total. The number of benzene rings is 1. The third-order valence-corrected chi connectivity index (χ3v) is 3.95. The summed E-state index contributed by atoms with van der Waals surface area (Å²) in [5.74, 6) is 0.546. The number of likely N-dealkylation sites (tertiary alicyclic amines) is 1. The number of nitrogens with zero attached hydrogens (tertiary/aromatic N) is 1. The van der Waals surface area contributed by atoms with Gasteiger partial charge in [0.2, 0.25) is 0 Å². The van der Waals surface area contributed by atoms with Crippen molar-refractivity contribution in [1.29, 1.82) is 0 Å². The lowest BCUT2D eigenvalue weighted by Crippen LogP contribution is -2.49. The summed E-state index contributed by atoms with van der Waals surface area (Å²) in [6.45, 7) is 13.1. The fraction of sp³-hybridized carbons (Fsp3) is 0.667. The summed E-state index contributed by atoms with van der Waals surface area (Å²) in [6.07, 6.45) is 1.23. The van der Waals surface area contributed by atoms with Crippen LogP contribution in [0, 0.1) is 17.2 Å². The molecule has 3 heteroatoms. The fourth-order valence-corrected chi connectivity index (χ4v) is 3.08. The average molecular weight is 292 g/mol. The van der Waals surface area contributed by atoms with E-state index in [1.54, 1.807) is 12.1 Å². The van der Waals surface area contributed by atoms with Crippen molar-refractivity contribution in [3.8, 4) is 0 Å². The van der Waals surface area contributed by atoms with Crippen LogP contribution in [0.15, 0.2) is 24.3 Å². The molecule has 0 aromatic heterocycles. The van der Waals surface area contributed by atoms with Gasteiger partial charge >= 0.3 is 0 Å². The van der Waals surface area contributed by atoms with Crippen molar-refractivity contribution in [2.75, 3.05) is 19.6 Å². The highest BCUT2D eigenvalue weighted by Crippen LogP contribution is 2.20. The fourth-order valence-electron chi connectivity index (χ4n) is 3.08. The molecule has 2 nitrogen and oxygen atoms in total. The van der Waals surface area contributed by atoms with Gasteiger partial charge in [0.15, 0.2) is 0 Å². The first-order chi connectivity index (χ1) is 9.82. The van der Waals surface area contributed by atoms with Gasteiger partial charge in [0.1, 0.15) is 5.82 Å². The van der Waals surface area contributed by atoms with Gasteiger partial charge in [-0.05, 0) is 35.4 Å². The highest BCUT2D eigenvalue weighted by molar-refractivity contribution is 5.16. The van der Waals surface area contributed by atoms with Crippen LogP contribution in [0.1, 0.15) is 39.7 Å². The van der Waals surface area contributed by atoms with E-state index in [9.17, 15) is 4.39 Å². The second-order valence-corrected chi connectivity index (χ2v) is 7.80. The quantitative estimate of drug-likeness (QED) is 0.911. The molecule has 0 amide bonds. The number of hydrogen-bond donors (Lipinski definition) is 1. The lowest BCUT2D eigenvalue weighted by molar-refractivity contribution is 0.136. The summed E-state index contributed by atoms with van der Waals surface area (Å²) in [5, 5.41) is 3.70. The van der Waals surface area contributed by atoms with Crippen molar-refractivity contribution in [3.63, 3.8) is 0 Å². The zero-order chi connectivity index (χ0) is 15.5. The number of rotatable bonds is 4. The van der Waals surface area contributed by atoms with E-state index in [0.717, 1.165) is 31.7 Å². The van der Waals surface area contributed by atoms with E-state index in [-0.39, 0.29) is 5.82 Å². The van der Waals surface area contributed by atoms with Crippen LogP contribution in [0.5, 0.6) is 0 Å². The van der Waals surface area contributed by atoms with Gasteiger partial charge in [0.05, 0.1) is 0 Å². The van der Waals surface area contributed by atoms with Crippen LogP contribution < -0.4 is 5.32 Å². The average Bonchev–Trinajstić information content (AvgIpc) is 2.35. The first-order valence-corrected chi connectivity index (χ1v) is 8.02. The topological polar surface area (TPSA) is 15.3 Å². The summed E-state index contributed by atoms with van der Waals surface area (Å²) in [6, 6.07) is 7.52. The SMILES string of the molecule is CC1CC(NCC(C)(C)C)CN(Cc2cccc(F)c2)C1. The molecule has 1 heterocycles. The van der Waals surface area contributed by atoms with Crippen LogP contribution in [-0.2, 0) is 6.54 Å². The first-order valence-electron chi connectivity index (χ1n) is 8.02. The second kappa shape index (κ2) is 6.89. The molecule has 2 unspecified atom stereocenters. The van der Waals surface area contributed by atoms with Crippen LogP contribution in [0.2, 0.25) is 0 Å². The van der Waals surface area contributed by atoms with Crippen LogP contribution in [-0.4, -0.2) is 30.6 Å². The third-order valence-electron chi connectivity index (χ3n) is 3.95. The van der Waals surface area contributed by atoms with Crippen molar-refractivity contribution < 1.29 is 4.39 Å². The molecule has 0 spiro atoms. The van der Waals surface area contributed by atoms with Crippen molar-refractivity contribution in [3.05, 3.63) is 35.6 Å². The Kier molecular flexibility index (Phi) is 5.39. The molecule has 118 valence electrons. The van der Waals surface area contributed by atoms with Crippen molar-refractivity contribution in [2.45, 2.75) is 46.7 Å². The maximum atomic E-state index is 13.3. The van der Waals surface area contributed by atoms with Crippen molar-refractivity contribution in [1.82, 2.24) is 10.2 Å². The molecule has 1 fully saturated rings. The minimum atomic E-state index is -0.139. The summed E-state index contributed by atoms with van der Waals surface area (Å²) < 4.78 is 13.3. The van der Waals surface area contributed by atoms with E-state index >= 15 is 0 Å². The van der Waals surface area contributed by atoms with E-state index in [4.69, 9.17) is 0 Å². The first kappa shape index (κ1) is 16.4. The van der Waals surface area contributed by atoms with Crippen LogP contribution in [0.25, 0.3) is 0 Å². The summed E-state index contributed by atoms with van der Waals surface area (Å²) >= 11 is 0. The number of piperidine rings is 1. The summed E-state index contributed by atoms with van der Waals surface area (Å²) in [7, 11) is 0. The Bertz CT molecular complexity index is 453. The van der Waals surface area contributed by atoms with Gasteiger partial charge < -0.3 is 5.32 Å². The van der Waals surface area contributed by atoms with Crippen LogP contribution in [0.4, 0.5) is 4.39 Å². The van der Waals surface area contributed by atoms with E-state index in [1.165, 1.54) is 12.5 Å². The van der Waals surface area contributed by atoms with Gasteiger partial charge in [0.25, 0.3) is 0 Å². The molecule has 0 saturated carbocycles. The zero-order valence-corrected chi connectivity index (χ0v) is 13.8. The van der Waals surface area contributed by atoms with Crippen molar-refractivity contribution >= 4 is 0 Å². The van der Waals surface area contributed by atoms with E-state index in [1.807, 2.05) is 6.07 Å². The molecule has 1 aliphatic rings. The Hall–Kier alpha value is -0.930. The number of halogens is 1. The highest BCUT2D eigenvalue weighted by atomic mass is 19.1. The second-order valence-electron chi connectivity index (χ2n) is 7.80. The molecule has 0 radical (unpaired) electrons. The van der Waals surface area contributed by atoms with Gasteiger partial charge in [-0.1, -0.05) is 39.8 Å². The largest absolute Gasteiger partial charge is 0.312 e. The van der Waals surface area contributed by atoms with Crippen LogP contribution in [0.3, 0.4) is 0 Å². The lowest BCUT2D eigenvalue weighted by Gasteiger charge is -2.38. The van der Waals surface area contributed by atoms with Gasteiger partial charge in [-0.3, -0.25) is 4.90 Å². The third kappa shape index (κ3) is 5.76. The van der Waals surface area contributed by atoms with Gasteiger partial charge in [-0.2, -0.15) is 0 Å². The summed E-state index contributed by atoms with van der Waals surface area (Å²) in [4.78, 5) is 2.45. The van der Waals surface area contributed by atoms with Gasteiger partial charge in [0, 0.05) is 32.2 Å². The molecular formula is C18H29FN2. The lowest BCUT2D eigenvalue weighted by atomic mass is 9.92. The van der Waals surface area contributed by atoms with Crippen molar-refractivity contribution in [2.24, 2.45) is 11.3 Å². The molecule has 1 saturated heterocycles. The molecule has 2 atom stereocenters. The normalized spacial score (nSPS) is 24.2. The smallest absolute Gasteiger partial charge is 0.123 e. The predicted molar refractivity (Wildman–Crippen MR) is 86.7 cm³/mol. The minimum Gasteiger partial charge on any atom is -0.312 e. The van der Waals surface area contributed by atoms with E-state index in [2.05, 4.69) is 37.9 Å². The van der Waals surface area contributed by atoms with Gasteiger partial charge in [-0.15, -0.1) is 0 Å². The van der Waals surface area contributed by atoms with Gasteiger partial charge in [-0.25, -0.2) is 4.39 Å². The van der Waals surface area contributed by atoms with E-state index < -0.39 is 0 Å².